The van der Waals surface area contributed by atoms with E-state index in [-0.39, 0.29) is 17.9 Å². The van der Waals surface area contributed by atoms with E-state index in [0.29, 0.717) is 39.0 Å². The predicted octanol–water partition coefficient (Wildman–Crippen LogP) is 2.15. The lowest BCUT2D eigenvalue weighted by atomic mass is 10.1. The topological polar surface area (TPSA) is 94.7 Å². The molecule has 2 N–H and O–H groups in total. The van der Waals surface area contributed by atoms with E-state index < -0.39 is 12.0 Å². The summed E-state index contributed by atoms with van der Waals surface area (Å²) in [6.07, 6.45) is 3.08. The number of fused-ring (bicyclic) bond motifs is 1. The van der Waals surface area contributed by atoms with Crippen molar-refractivity contribution < 1.29 is 19.1 Å². The summed E-state index contributed by atoms with van der Waals surface area (Å²) in [5, 5.41) is 3.90. The van der Waals surface area contributed by atoms with E-state index in [4.69, 9.17) is 4.74 Å². The molecule has 2 aromatic rings. The Bertz CT molecular complexity index is 899. The number of aromatic nitrogens is 1. The number of piperazine rings is 1. The van der Waals surface area contributed by atoms with E-state index >= 15 is 0 Å². The number of carbonyl (C=O) groups excluding carboxylic acids is 3. The van der Waals surface area contributed by atoms with Gasteiger partial charge in [-0.15, -0.1) is 0 Å². The number of rotatable bonds is 6. The number of aryl methyl sites for hydroxylation is 1. The van der Waals surface area contributed by atoms with Crippen molar-refractivity contribution in [1.29, 1.82) is 0 Å². The van der Waals surface area contributed by atoms with Crippen LogP contribution < -0.4 is 5.32 Å². The van der Waals surface area contributed by atoms with Crippen molar-refractivity contribution in [2.45, 2.75) is 32.7 Å². The zero-order chi connectivity index (χ0) is 21.7. The number of benzene rings is 1. The summed E-state index contributed by atoms with van der Waals surface area (Å²) < 4.78 is 4.77. The second kappa shape index (κ2) is 9.65. The second-order valence-electron chi connectivity index (χ2n) is 7.92. The van der Waals surface area contributed by atoms with Crippen molar-refractivity contribution in [2.75, 3.05) is 33.3 Å². The predicted molar refractivity (Wildman–Crippen MR) is 114 cm³/mol. The van der Waals surface area contributed by atoms with Crippen molar-refractivity contribution in [2.24, 2.45) is 5.92 Å². The van der Waals surface area contributed by atoms with E-state index in [1.54, 1.807) is 9.80 Å². The van der Waals surface area contributed by atoms with Gasteiger partial charge in [-0.05, 0) is 24.0 Å². The first-order chi connectivity index (χ1) is 14.4. The van der Waals surface area contributed by atoms with Gasteiger partial charge in [0.1, 0.15) is 6.04 Å². The SMILES string of the molecule is COC(=O)[C@@H](NC(=O)N1CCN(C(=O)CCc2c[nH]c3ccccc23)CC1)C(C)C. The summed E-state index contributed by atoms with van der Waals surface area (Å²) >= 11 is 0. The Morgan fingerprint density at radius 1 is 1.10 bits per heavy atom. The number of nitrogens with zero attached hydrogens (tertiary/aromatic N) is 2. The molecule has 0 saturated carbocycles. The molecule has 3 rings (SSSR count). The minimum Gasteiger partial charge on any atom is -0.467 e. The van der Waals surface area contributed by atoms with Crippen LogP contribution in [0.5, 0.6) is 0 Å². The van der Waals surface area contributed by atoms with Crippen LogP contribution in [0.25, 0.3) is 10.9 Å². The second-order valence-corrected chi connectivity index (χ2v) is 7.92. The van der Waals surface area contributed by atoms with Crippen LogP contribution in [0, 0.1) is 5.92 Å². The van der Waals surface area contributed by atoms with Crippen molar-refractivity contribution in [3.63, 3.8) is 0 Å². The van der Waals surface area contributed by atoms with Gasteiger partial charge in [0, 0.05) is 49.7 Å². The Balaban J connectivity index is 1.48. The number of hydrogen-bond donors (Lipinski definition) is 2. The fourth-order valence-electron chi connectivity index (χ4n) is 3.75. The minimum atomic E-state index is -0.682. The van der Waals surface area contributed by atoms with E-state index in [1.165, 1.54) is 7.11 Å². The van der Waals surface area contributed by atoms with E-state index in [9.17, 15) is 14.4 Å². The lowest BCUT2D eigenvalue weighted by Gasteiger charge is -2.35. The molecule has 1 atom stereocenters. The molecule has 0 radical (unpaired) electrons. The summed E-state index contributed by atoms with van der Waals surface area (Å²) in [5.41, 5.74) is 2.21. The highest BCUT2D eigenvalue weighted by Gasteiger charge is 2.29. The van der Waals surface area contributed by atoms with Gasteiger partial charge in [0.25, 0.3) is 0 Å². The van der Waals surface area contributed by atoms with Gasteiger partial charge in [-0.3, -0.25) is 4.79 Å². The smallest absolute Gasteiger partial charge is 0.328 e. The Kier molecular flexibility index (Phi) is 6.97. The van der Waals surface area contributed by atoms with Gasteiger partial charge < -0.3 is 24.8 Å². The Morgan fingerprint density at radius 2 is 1.77 bits per heavy atom. The summed E-state index contributed by atoms with van der Waals surface area (Å²) in [7, 11) is 1.31. The molecule has 1 aromatic carbocycles. The first kappa shape index (κ1) is 21.7. The highest BCUT2D eigenvalue weighted by atomic mass is 16.5. The number of para-hydroxylation sites is 1. The van der Waals surface area contributed by atoms with Crippen LogP contribution in [-0.2, 0) is 20.7 Å². The zero-order valence-electron chi connectivity index (χ0n) is 17.8. The summed E-state index contributed by atoms with van der Waals surface area (Å²) in [5.74, 6) is -0.437. The van der Waals surface area contributed by atoms with Gasteiger partial charge in [-0.2, -0.15) is 0 Å². The number of carbonyl (C=O) groups is 3. The lowest BCUT2D eigenvalue weighted by molar-refractivity contribution is -0.144. The molecule has 8 heteroatoms. The molecule has 30 heavy (non-hydrogen) atoms. The quantitative estimate of drug-likeness (QED) is 0.708. The van der Waals surface area contributed by atoms with E-state index in [1.807, 2.05) is 38.2 Å². The molecule has 0 bridgehead atoms. The van der Waals surface area contributed by atoms with Gasteiger partial charge >= 0.3 is 12.0 Å². The van der Waals surface area contributed by atoms with Crippen LogP contribution >= 0.6 is 0 Å². The number of hydrogen-bond acceptors (Lipinski definition) is 4. The molecule has 162 valence electrons. The van der Waals surface area contributed by atoms with Gasteiger partial charge in [0.15, 0.2) is 0 Å². The fourth-order valence-corrected chi connectivity index (χ4v) is 3.75. The normalized spacial score (nSPS) is 15.3. The lowest BCUT2D eigenvalue weighted by Crippen LogP contribution is -2.56. The van der Waals surface area contributed by atoms with Gasteiger partial charge in [0.2, 0.25) is 5.91 Å². The molecule has 1 aliphatic rings. The molecular formula is C22H30N4O4. The Hall–Kier alpha value is -3.03. The van der Waals surface area contributed by atoms with Crippen molar-refractivity contribution in [3.05, 3.63) is 36.0 Å². The molecule has 0 spiro atoms. The van der Waals surface area contributed by atoms with E-state index in [2.05, 4.69) is 16.4 Å². The van der Waals surface area contributed by atoms with Crippen molar-refractivity contribution in [1.82, 2.24) is 20.1 Å². The van der Waals surface area contributed by atoms with E-state index in [0.717, 1.165) is 16.5 Å². The third kappa shape index (κ3) is 4.93. The number of esters is 1. The molecule has 0 aliphatic carbocycles. The molecule has 0 unspecified atom stereocenters. The molecule has 2 heterocycles. The third-order valence-electron chi connectivity index (χ3n) is 5.60. The number of aromatic amines is 1. The van der Waals surface area contributed by atoms with Crippen LogP contribution in [0.15, 0.2) is 30.5 Å². The molecular weight excluding hydrogens is 384 g/mol. The number of H-pyrrole nitrogens is 1. The van der Waals surface area contributed by atoms with Crippen LogP contribution in [0.1, 0.15) is 25.8 Å². The summed E-state index contributed by atoms with van der Waals surface area (Å²) in [4.78, 5) is 43.7. The van der Waals surface area contributed by atoms with Crippen molar-refractivity contribution in [3.8, 4) is 0 Å². The maximum absolute atomic E-state index is 12.6. The zero-order valence-corrected chi connectivity index (χ0v) is 17.8. The van der Waals surface area contributed by atoms with Crippen LogP contribution in [0.3, 0.4) is 0 Å². The number of amides is 3. The fraction of sp³-hybridized carbons (Fsp3) is 0.500. The molecule has 1 saturated heterocycles. The molecule has 1 aromatic heterocycles. The first-order valence-corrected chi connectivity index (χ1v) is 10.4. The van der Waals surface area contributed by atoms with Gasteiger partial charge in [-0.25, -0.2) is 9.59 Å². The monoisotopic (exact) mass is 414 g/mol. The average molecular weight is 415 g/mol. The Morgan fingerprint density at radius 3 is 2.43 bits per heavy atom. The molecule has 1 fully saturated rings. The maximum atomic E-state index is 12.6. The van der Waals surface area contributed by atoms with Crippen LogP contribution in [-0.4, -0.2) is 72.0 Å². The number of urea groups is 1. The number of ether oxygens (including phenoxy) is 1. The maximum Gasteiger partial charge on any atom is 0.328 e. The number of nitrogens with one attached hydrogen (secondary N) is 2. The van der Waals surface area contributed by atoms with Crippen molar-refractivity contribution >= 4 is 28.8 Å². The highest BCUT2D eigenvalue weighted by molar-refractivity contribution is 5.85. The van der Waals surface area contributed by atoms with Crippen LogP contribution in [0.4, 0.5) is 4.79 Å². The standard InChI is InChI=1S/C22H30N4O4/c1-15(2)20(21(28)30-3)24-22(29)26-12-10-25(11-13-26)19(27)9-8-16-14-23-18-7-5-4-6-17(16)18/h4-7,14-15,20,23H,8-13H2,1-3H3,(H,24,29)/t20-/m0/s1. The molecule has 8 nitrogen and oxygen atoms in total. The minimum absolute atomic E-state index is 0.0752. The first-order valence-electron chi connectivity index (χ1n) is 10.4. The van der Waals surface area contributed by atoms with Gasteiger partial charge in [0.05, 0.1) is 7.11 Å². The third-order valence-corrected chi connectivity index (χ3v) is 5.60. The number of methoxy groups -OCH3 is 1. The van der Waals surface area contributed by atoms with Gasteiger partial charge in [-0.1, -0.05) is 32.0 Å². The summed E-state index contributed by atoms with van der Waals surface area (Å²) in [6, 6.07) is 7.08. The Labute approximate surface area is 176 Å². The van der Waals surface area contributed by atoms with Crippen LogP contribution in [0.2, 0.25) is 0 Å². The molecule has 3 amide bonds. The molecule has 1 aliphatic heterocycles. The largest absolute Gasteiger partial charge is 0.467 e. The highest BCUT2D eigenvalue weighted by Crippen LogP contribution is 2.19. The summed E-state index contributed by atoms with van der Waals surface area (Å²) in [6.45, 7) is 5.57. The average Bonchev–Trinajstić information content (AvgIpc) is 3.18.